The second-order valence-electron chi connectivity index (χ2n) is 4.66. The topological polar surface area (TPSA) is 41.1 Å². The summed E-state index contributed by atoms with van der Waals surface area (Å²) in [6, 6.07) is 15.7. The Balaban J connectivity index is 2.07. The van der Waals surface area contributed by atoms with Crippen LogP contribution in [-0.4, -0.2) is 9.38 Å². The minimum Gasteiger partial charge on any atom is -0.276 e. The number of hydrogen-bond acceptors (Lipinski definition) is 4. The third-order valence-corrected chi connectivity index (χ3v) is 5.27. The summed E-state index contributed by atoms with van der Waals surface area (Å²) in [5, 5.41) is 12.8. The van der Waals surface area contributed by atoms with Crippen molar-refractivity contribution in [3.63, 3.8) is 0 Å². The first-order chi connectivity index (χ1) is 10.8. The molecule has 0 aliphatic heterocycles. The van der Waals surface area contributed by atoms with Crippen LogP contribution < -0.4 is 0 Å². The predicted molar refractivity (Wildman–Crippen MR) is 92.5 cm³/mol. The van der Waals surface area contributed by atoms with Crippen molar-refractivity contribution in [1.82, 2.24) is 9.38 Å². The maximum Gasteiger partial charge on any atom is 0.196 e. The molecule has 0 atom stereocenters. The van der Waals surface area contributed by atoms with Crippen molar-refractivity contribution in [2.24, 2.45) is 0 Å². The van der Waals surface area contributed by atoms with Gasteiger partial charge in [-0.1, -0.05) is 47.2 Å². The van der Waals surface area contributed by atoms with E-state index in [4.69, 9.17) is 16.6 Å². The molecule has 2 aromatic heterocycles. The third kappa shape index (κ3) is 2.08. The Kier molecular flexibility index (Phi) is 3.30. The van der Waals surface area contributed by atoms with Gasteiger partial charge in [-0.2, -0.15) is 5.26 Å². The summed E-state index contributed by atoms with van der Waals surface area (Å²) < 4.78 is 3.20. The molecule has 0 aliphatic rings. The molecule has 0 N–H and O–H groups in total. The van der Waals surface area contributed by atoms with E-state index in [1.54, 1.807) is 11.3 Å². The summed E-state index contributed by atoms with van der Waals surface area (Å²) in [5.41, 5.74) is 2.79. The van der Waals surface area contributed by atoms with Gasteiger partial charge in [0.1, 0.15) is 16.1 Å². The smallest absolute Gasteiger partial charge is 0.196 e. The molecule has 4 rings (SSSR count). The van der Waals surface area contributed by atoms with Gasteiger partial charge in [0.25, 0.3) is 0 Å². The zero-order valence-electron chi connectivity index (χ0n) is 11.2. The summed E-state index contributed by atoms with van der Waals surface area (Å²) in [5.74, 6) is 0. The first-order valence-electron chi connectivity index (χ1n) is 6.50. The number of imidazole rings is 1. The lowest BCUT2D eigenvalue weighted by Gasteiger charge is -2.01. The van der Waals surface area contributed by atoms with Gasteiger partial charge in [0.05, 0.1) is 10.2 Å². The molecule has 22 heavy (non-hydrogen) atoms. The van der Waals surface area contributed by atoms with Gasteiger partial charge in [-0.15, -0.1) is 0 Å². The summed E-state index contributed by atoms with van der Waals surface area (Å²) in [4.78, 5) is 5.61. The van der Waals surface area contributed by atoms with Crippen LogP contribution in [0.2, 0.25) is 5.02 Å². The van der Waals surface area contributed by atoms with E-state index in [9.17, 15) is 5.26 Å². The van der Waals surface area contributed by atoms with E-state index in [0.29, 0.717) is 5.02 Å². The van der Waals surface area contributed by atoms with Crippen LogP contribution in [0.3, 0.4) is 0 Å². The molecule has 2 aromatic carbocycles. The molecule has 0 bridgehead atoms. The van der Waals surface area contributed by atoms with E-state index in [-0.39, 0.29) is 0 Å². The highest BCUT2D eigenvalue weighted by Crippen LogP contribution is 2.38. The maximum atomic E-state index is 9.18. The Morgan fingerprint density at radius 2 is 2.05 bits per heavy atom. The summed E-state index contributed by atoms with van der Waals surface area (Å²) >= 11 is 8.83. The predicted octanol–water partition coefficient (Wildman–Crippen LogP) is 5.44. The van der Waals surface area contributed by atoms with E-state index in [2.05, 4.69) is 11.5 Å². The van der Waals surface area contributed by atoms with Crippen molar-refractivity contribution >= 4 is 49.9 Å². The lowest BCUT2D eigenvalue weighted by Crippen LogP contribution is -1.85. The molecule has 106 valence electrons. The van der Waals surface area contributed by atoms with E-state index in [1.807, 2.05) is 46.9 Å². The average molecular weight is 342 g/mol. The van der Waals surface area contributed by atoms with Crippen molar-refractivity contribution in [2.45, 2.75) is 5.03 Å². The van der Waals surface area contributed by atoms with E-state index >= 15 is 0 Å². The van der Waals surface area contributed by atoms with Crippen molar-refractivity contribution in [1.29, 1.82) is 5.26 Å². The number of nitrogens with zero attached hydrogens (tertiary/aromatic N) is 3. The Hall–Kier alpha value is -2.00. The van der Waals surface area contributed by atoms with Gasteiger partial charge in [-0.3, -0.25) is 4.40 Å². The van der Waals surface area contributed by atoms with E-state index in [1.165, 1.54) is 0 Å². The van der Waals surface area contributed by atoms with Crippen LogP contribution in [0, 0.1) is 10.7 Å². The molecule has 0 amide bonds. The summed E-state index contributed by atoms with van der Waals surface area (Å²) in [7, 11) is 0. The van der Waals surface area contributed by atoms with Crippen LogP contribution in [0.5, 0.6) is 0 Å². The number of fused-ring (bicyclic) bond motifs is 3. The highest BCUT2D eigenvalue weighted by Gasteiger charge is 2.18. The highest BCUT2D eigenvalue weighted by atomic mass is 35.5. The molecule has 2 heterocycles. The largest absolute Gasteiger partial charge is 0.276 e. The normalized spacial score (nSPS) is 11.1. The molecule has 3 nitrogen and oxygen atoms in total. The second kappa shape index (κ2) is 5.33. The van der Waals surface area contributed by atoms with Crippen molar-refractivity contribution in [2.75, 3.05) is 0 Å². The van der Waals surface area contributed by atoms with Crippen LogP contribution in [-0.2, 0) is 0 Å². The minimum atomic E-state index is 0.659. The number of thioether (sulfide) groups is 1. The second-order valence-corrected chi connectivity index (χ2v) is 6.88. The molecular formula is C16H8ClN3S2. The lowest BCUT2D eigenvalue weighted by atomic mass is 10.2. The van der Waals surface area contributed by atoms with Crippen LogP contribution >= 0.6 is 34.7 Å². The Morgan fingerprint density at radius 1 is 1.18 bits per heavy atom. The molecule has 0 saturated heterocycles. The molecule has 6 heteroatoms. The molecule has 0 fully saturated rings. The van der Waals surface area contributed by atoms with Crippen LogP contribution in [0.25, 0.3) is 26.4 Å². The van der Waals surface area contributed by atoms with Crippen molar-refractivity contribution in [3.8, 4) is 16.7 Å². The van der Waals surface area contributed by atoms with Crippen LogP contribution in [0.4, 0.5) is 0 Å². The minimum absolute atomic E-state index is 0.659. The van der Waals surface area contributed by atoms with Gasteiger partial charge < -0.3 is 0 Å². The van der Waals surface area contributed by atoms with Gasteiger partial charge in [-0.05, 0) is 24.3 Å². The molecule has 0 saturated carbocycles. The van der Waals surface area contributed by atoms with Crippen molar-refractivity contribution in [3.05, 3.63) is 53.6 Å². The first-order valence-corrected chi connectivity index (χ1v) is 8.51. The number of para-hydroxylation sites is 1. The number of thiazole rings is 1. The zero-order valence-corrected chi connectivity index (χ0v) is 13.5. The fourth-order valence-electron chi connectivity index (χ4n) is 2.45. The fourth-order valence-corrected chi connectivity index (χ4v) is 4.35. The number of halogens is 1. The van der Waals surface area contributed by atoms with E-state index in [0.717, 1.165) is 43.2 Å². The summed E-state index contributed by atoms with van der Waals surface area (Å²) in [6.07, 6.45) is 0. The molecular weight excluding hydrogens is 334 g/mol. The highest BCUT2D eigenvalue weighted by molar-refractivity contribution is 8.03. The van der Waals surface area contributed by atoms with Gasteiger partial charge in [0.2, 0.25) is 0 Å². The Morgan fingerprint density at radius 3 is 2.86 bits per heavy atom. The SMILES string of the molecule is N#CSc1c(-c2cccc(Cl)c2)nc2sc3ccccc3n12. The number of benzene rings is 2. The van der Waals surface area contributed by atoms with Gasteiger partial charge >= 0.3 is 0 Å². The van der Waals surface area contributed by atoms with E-state index < -0.39 is 0 Å². The fraction of sp³-hybridized carbons (Fsp3) is 0. The lowest BCUT2D eigenvalue weighted by molar-refractivity contribution is 1.13. The first kappa shape index (κ1) is 13.6. The van der Waals surface area contributed by atoms with Crippen LogP contribution in [0.15, 0.2) is 53.6 Å². The van der Waals surface area contributed by atoms with Crippen molar-refractivity contribution < 1.29 is 0 Å². The maximum absolute atomic E-state index is 9.18. The van der Waals surface area contributed by atoms with Crippen LogP contribution in [0.1, 0.15) is 0 Å². The summed E-state index contributed by atoms with van der Waals surface area (Å²) in [6.45, 7) is 0. The molecule has 0 spiro atoms. The quantitative estimate of drug-likeness (QED) is 0.360. The standard InChI is InChI=1S/C16H8ClN3S2/c17-11-5-3-4-10(8-11)14-15(21-9-18)20-12-6-1-2-7-13(12)22-16(20)19-14/h1-8H. The average Bonchev–Trinajstić information content (AvgIpc) is 3.04. The number of aromatic nitrogens is 2. The Bertz CT molecular complexity index is 1040. The Labute approximate surface area is 139 Å². The molecule has 0 unspecified atom stereocenters. The monoisotopic (exact) mass is 341 g/mol. The number of rotatable bonds is 2. The van der Waals surface area contributed by atoms with Gasteiger partial charge in [-0.25, -0.2) is 4.98 Å². The zero-order chi connectivity index (χ0) is 15.1. The third-order valence-electron chi connectivity index (χ3n) is 3.35. The molecule has 0 aliphatic carbocycles. The van der Waals surface area contributed by atoms with Gasteiger partial charge in [0, 0.05) is 22.3 Å². The number of thiocyanates is 1. The molecule has 4 aromatic rings. The molecule has 0 radical (unpaired) electrons. The number of hydrogen-bond donors (Lipinski definition) is 0. The number of nitriles is 1. The van der Waals surface area contributed by atoms with Gasteiger partial charge in [0.15, 0.2) is 4.96 Å².